The number of benzene rings is 2. The summed E-state index contributed by atoms with van der Waals surface area (Å²) in [6.07, 6.45) is 1.29. The third kappa shape index (κ3) is 6.38. The molecule has 1 atom stereocenters. The van der Waals surface area contributed by atoms with E-state index in [4.69, 9.17) is 5.11 Å². The minimum absolute atomic E-state index is 0.0661. The van der Waals surface area contributed by atoms with Gasteiger partial charge in [-0.15, -0.1) is 0 Å². The van der Waals surface area contributed by atoms with Crippen LogP contribution in [0.5, 0.6) is 0 Å². The van der Waals surface area contributed by atoms with Gasteiger partial charge < -0.3 is 10.4 Å². The predicted molar refractivity (Wildman–Crippen MR) is 135 cm³/mol. The van der Waals surface area contributed by atoms with Crippen LogP contribution in [0, 0.1) is 18.7 Å². The van der Waals surface area contributed by atoms with Crippen LogP contribution < -0.4 is 5.32 Å². The number of carboxylic acid groups (broad SMARTS) is 1. The van der Waals surface area contributed by atoms with E-state index in [1.54, 1.807) is 31.2 Å². The molecule has 0 bridgehead atoms. The summed E-state index contributed by atoms with van der Waals surface area (Å²) in [5, 5.41) is 11.9. The number of carbonyl (C=O) groups is 2. The highest BCUT2D eigenvalue weighted by molar-refractivity contribution is 5.97. The number of nitrogens with one attached hydrogen (secondary N) is 1. The molecule has 0 unspecified atom stereocenters. The second kappa shape index (κ2) is 11.3. The molecule has 1 aliphatic carbocycles. The van der Waals surface area contributed by atoms with Gasteiger partial charge in [0.25, 0.3) is 0 Å². The van der Waals surface area contributed by atoms with E-state index in [2.05, 4.69) is 10.3 Å². The normalized spacial score (nSPS) is 14.9. The van der Waals surface area contributed by atoms with Crippen molar-refractivity contribution in [2.75, 3.05) is 5.32 Å². The zero-order valence-electron chi connectivity index (χ0n) is 20.8. The van der Waals surface area contributed by atoms with Crippen molar-refractivity contribution < 1.29 is 32.3 Å². The maximum absolute atomic E-state index is 14.3. The van der Waals surface area contributed by atoms with Crippen molar-refractivity contribution in [3.63, 3.8) is 0 Å². The van der Waals surface area contributed by atoms with E-state index in [9.17, 15) is 27.2 Å². The summed E-state index contributed by atoms with van der Waals surface area (Å²) < 4.78 is 53.7. The number of carbonyl (C=O) groups excluding carboxylic acids is 1. The Labute approximate surface area is 217 Å². The Bertz CT molecular complexity index is 1320. The lowest BCUT2D eigenvalue weighted by Crippen LogP contribution is -2.27. The van der Waals surface area contributed by atoms with Gasteiger partial charge in [0.15, 0.2) is 0 Å². The van der Waals surface area contributed by atoms with Gasteiger partial charge in [-0.2, -0.15) is 13.2 Å². The summed E-state index contributed by atoms with van der Waals surface area (Å²) in [5.41, 5.74) is 2.16. The van der Waals surface area contributed by atoms with Crippen molar-refractivity contribution in [2.24, 2.45) is 5.92 Å². The molecule has 4 rings (SSSR count). The number of rotatable bonds is 8. The quantitative estimate of drug-likeness (QED) is 0.305. The number of amides is 1. The highest BCUT2D eigenvalue weighted by Gasteiger charge is 2.33. The molecule has 3 aromatic rings. The Kier molecular flexibility index (Phi) is 8.14. The summed E-state index contributed by atoms with van der Waals surface area (Å²) in [4.78, 5) is 28.3. The zero-order valence-corrected chi connectivity index (χ0v) is 20.8. The highest BCUT2D eigenvalue weighted by Crippen LogP contribution is 2.39. The molecule has 38 heavy (non-hydrogen) atoms. The number of hydrogen-bond donors (Lipinski definition) is 2. The van der Waals surface area contributed by atoms with Crippen LogP contribution in [-0.4, -0.2) is 22.0 Å². The fraction of sp³-hybridized carbons (Fsp3) is 0.345. The Morgan fingerprint density at radius 3 is 2.37 bits per heavy atom. The lowest BCUT2D eigenvalue weighted by molar-refractivity contribution is -0.138. The summed E-state index contributed by atoms with van der Waals surface area (Å²) in [7, 11) is 0. The molecule has 0 saturated heterocycles. The average Bonchev–Trinajstić information content (AvgIpc) is 3.39. The zero-order chi connectivity index (χ0) is 27.4. The standard InChI is InChI=1S/C29H28F4N2O3/c1-17-21(10-11-26(36)37)13-24(30)14-25(17)35-28(38)27(19-4-2-3-5-19)20-8-6-18(7-9-20)22-12-23(16-34-15-22)29(31,32)33/h6-9,12-16,19,27H,2-5,10-11H2,1H3,(H,35,38)(H,36,37)/t27-/m1/s1. The first kappa shape index (κ1) is 27.3. The SMILES string of the molecule is Cc1c(CCC(=O)O)cc(F)cc1NC(=O)[C@@H](c1ccc(-c2cncc(C(F)(F)F)c2)cc1)C1CCCC1. The molecular formula is C29H28F4N2O3. The Morgan fingerprint density at radius 1 is 1.05 bits per heavy atom. The average molecular weight is 529 g/mol. The van der Waals surface area contributed by atoms with Crippen molar-refractivity contribution in [2.45, 2.75) is 57.5 Å². The lowest BCUT2D eigenvalue weighted by atomic mass is 9.83. The molecule has 1 aromatic heterocycles. The smallest absolute Gasteiger partial charge is 0.417 e. The van der Waals surface area contributed by atoms with Crippen molar-refractivity contribution in [3.8, 4) is 11.1 Å². The molecular weight excluding hydrogens is 500 g/mol. The monoisotopic (exact) mass is 528 g/mol. The van der Waals surface area contributed by atoms with Crippen molar-refractivity contribution in [3.05, 3.63) is 82.9 Å². The molecule has 2 N–H and O–H groups in total. The van der Waals surface area contributed by atoms with E-state index < -0.39 is 29.4 Å². The minimum Gasteiger partial charge on any atom is -0.481 e. The van der Waals surface area contributed by atoms with E-state index in [-0.39, 0.29) is 24.7 Å². The van der Waals surface area contributed by atoms with Gasteiger partial charge in [0.2, 0.25) is 5.91 Å². The first-order chi connectivity index (χ1) is 18.0. The number of hydrogen-bond acceptors (Lipinski definition) is 3. The third-order valence-electron chi connectivity index (χ3n) is 7.17. The van der Waals surface area contributed by atoms with Crippen LogP contribution in [0.2, 0.25) is 0 Å². The molecule has 1 fully saturated rings. The first-order valence-electron chi connectivity index (χ1n) is 12.5. The molecule has 1 amide bonds. The second-order valence-corrected chi connectivity index (χ2v) is 9.72. The number of aromatic nitrogens is 1. The van der Waals surface area contributed by atoms with Crippen LogP contribution in [0.1, 0.15) is 60.3 Å². The summed E-state index contributed by atoms with van der Waals surface area (Å²) in [6.45, 7) is 1.72. The number of aryl methyl sites for hydroxylation is 1. The van der Waals surface area contributed by atoms with Crippen LogP contribution in [0.3, 0.4) is 0 Å². The number of aliphatic carboxylic acids is 1. The van der Waals surface area contributed by atoms with Gasteiger partial charge in [0.05, 0.1) is 11.5 Å². The second-order valence-electron chi connectivity index (χ2n) is 9.72. The molecule has 0 spiro atoms. The van der Waals surface area contributed by atoms with Gasteiger partial charge >= 0.3 is 12.1 Å². The maximum atomic E-state index is 14.3. The molecule has 0 aliphatic heterocycles. The van der Waals surface area contributed by atoms with Gasteiger partial charge in [-0.25, -0.2) is 4.39 Å². The van der Waals surface area contributed by atoms with Crippen LogP contribution >= 0.6 is 0 Å². The van der Waals surface area contributed by atoms with Crippen LogP contribution in [0.15, 0.2) is 54.9 Å². The molecule has 1 heterocycles. The van der Waals surface area contributed by atoms with Gasteiger partial charge in [-0.1, -0.05) is 37.1 Å². The minimum atomic E-state index is -4.50. The Morgan fingerprint density at radius 2 is 1.74 bits per heavy atom. The van der Waals surface area contributed by atoms with Crippen LogP contribution in [0.4, 0.5) is 23.2 Å². The Balaban J connectivity index is 1.61. The van der Waals surface area contributed by atoms with Crippen molar-refractivity contribution in [1.82, 2.24) is 4.98 Å². The van der Waals surface area contributed by atoms with Gasteiger partial charge in [-0.05, 0) is 72.6 Å². The van der Waals surface area contributed by atoms with Crippen LogP contribution in [0.25, 0.3) is 11.1 Å². The highest BCUT2D eigenvalue weighted by atomic mass is 19.4. The number of alkyl halides is 3. The third-order valence-corrected chi connectivity index (χ3v) is 7.17. The maximum Gasteiger partial charge on any atom is 0.417 e. The first-order valence-corrected chi connectivity index (χ1v) is 12.5. The number of halogens is 4. The van der Waals surface area contributed by atoms with Crippen molar-refractivity contribution in [1.29, 1.82) is 0 Å². The van der Waals surface area contributed by atoms with E-state index in [1.807, 2.05) is 0 Å². The van der Waals surface area contributed by atoms with E-state index in [0.29, 0.717) is 27.9 Å². The summed E-state index contributed by atoms with van der Waals surface area (Å²) >= 11 is 0. The van der Waals surface area contributed by atoms with Gasteiger partial charge in [0, 0.05) is 30.1 Å². The molecule has 0 radical (unpaired) electrons. The molecule has 5 nitrogen and oxygen atoms in total. The van der Waals surface area contributed by atoms with Gasteiger partial charge in [-0.3, -0.25) is 14.6 Å². The molecule has 2 aromatic carbocycles. The van der Waals surface area contributed by atoms with Gasteiger partial charge in [0.1, 0.15) is 5.82 Å². The Hall–Kier alpha value is -3.75. The van der Waals surface area contributed by atoms with E-state index >= 15 is 0 Å². The number of anilines is 1. The largest absolute Gasteiger partial charge is 0.481 e. The molecule has 1 saturated carbocycles. The topological polar surface area (TPSA) is 79.3 Å². The van der Waals surface area contributed by atoms with E-state index in [1.165, 1.54) is 18.3 Å². The molecule has 200 valence electrons. The number of pyridine rings is 1. The molecule has 1 aliphatic rings. The van der Waals surface area contributed by atoms with E-state index in [0.717, 1.165) is 43.5 Å². The fourth-order valence-electron chi connectivity index (χ4n) is 5.14. The molecule has 9 heteroatoms. The summed E-state index contributed by atoms with van der Waals surface area (Å²) in [5.74, 6) is -2.33. The lowest BCUT2D eigenvalue weighted by Gasteiger charge is -2.24. The van der Waals surface area contributed by atoms with Crippen molar-refractivity contribution >= 4 is 17.6 Å². The number of nitrogens with zero attached hydrogens (tertiary/aromatic N) is 1. The number of carboxylic acids is 1. The predicted octanol–water partition coefficient (Wildman–Crippen LogP) is 7.14. The fourth-order valence-corrected chi connectivity index (χ4v) is 5.14. The van der Waals surface area contributed by atoms with Crippen LogP contribution in [-0.2, 0) is 22.2 Å². The summed E-state index contributed by atoms with van der Waals surface area (Å²) in [6, 6.07) is 10.4.